The van der Waals surface area contributed by atoms with Crippen molar-refractivity contribution < 1.29 is 37.1 Å². The first-order valence-corrected chi connectivity index (χ1v) is 16.2. The van der Waals surface area contributed by atoms with Gasteiger partial charge < -0.3 is 34.5 Å². The number of carbonyl (C=O) groups is 2. The second kappa shape index (κ2) is 12.3. The molecule has 1 aromatic carbocycles. The minimum absolute atomic E-state index is 0.104. The van der Waals surface area contributed by atoms with Crippen LogP contribution in [0, 0.1) is 12.7 Å². The molecule has 3 fully saturated rings. The molecule has 3 aromatic rings. The molecule has 0 saturated carbocycles. The molecule has 14 nitrogen and oxygen atoms in total. The number of aryl methyl sites for hydroxylation is 1. The number of amides is 3. The highest BCUT2D eigenvalue weighted by Gasteiger charge is 2.49. The summed E-state index contributed by atoms with van der Waals surface area (Å²) >= 11 is 0. The van der Waals surface area contributed by atoms with Gasteiger partial charge in [0, 0.05) is 39.0 Å². The fourth-order valence-corrected chi connectivity index (χ4v) is 7.46. The Hall–Kier alpha value is -3.86. The van der Waals surface area contributed by atoms with Crippen LogP contribution in [0.3, 0.4) is 0 Å². The lowest BCUT2D eigenvalue weighted by Gasteiger charge is -2.28. The van der Waals surface area contributed by atoms with E-state index in [1.165, 1.54) is 35.2 Å². The van der Waals surface area contributed by atoms with Crippen LogP contribution in [0.4, 0.5) is 20.7 Å². The Labute approximate surface area is 253 Å². The Balaban J connectivity index is 1.23. The van der Waals surface area contributed by atoms with Crippen LogP contribution in [0.1, 0.15) is 22.8 Å². The summed E-state index contributed by atoms with van der Waals surface area (Å²) in [6.45, 7) is 5.15. The Morgan fingerprint density at radius 1 is 1.18 bits per heavy atom. The summed E-state index contributed by atoms with van der Waals surface area (Å²) in [4.78, 5) is 31.4. The van der Waals surface area contributed by atoms with Gasteiger partial charge in [0.25, 0.3) is 5.91 Å². The zero-order chi connectivity index (χ0) is 31.0. The van der Waals surface area contributed by atoms with Crippen molar-refractivity contribution in [1.29, 1.82) is 0 Å². The van der Waals surface area contributed by atoms with Crippen molar-refractivity contribution in [2.45, 2.75) is 38.3 Å². The average Bonchev–Trinajstić information content (AvgIpc) is 3.69. The Morgan fingerprint density at radius 2 is 1.91 bits per heavy atom. The first-order chi connectivity index (χ1) is 21.2. The molecule has 0 radical (unpaired) electrons. The van der Waals surface area contributed by atoms with Crippen LogP contribution in [0.25, 0.3) is 5.52 Å². The number of rotatable bonds is 7. The SMILES string of the molecule is CCNC(=O)N1CCS(=O)(=NC(=O)c2cn3ncnc(Nc4ccc(F)cc4O[C@@H]4CO[C@H]5[C@@H]4OC[C@H]5OC)c3c2C)CC1. The summed E-state index contributed by atoms with van der Waals surface area (Å²) < 4.78 is 56.7. The van der Waals surface area contributed by atoms with E-state index in [0.29, 0.717) is 35.7 Å². The van der Waals surface area contributed by atoms with Crippen molar-refractivity contribution in [2.24, 2.45) is 4.36 Å². The summed E-state index contributed by atoms with van der Waals surface area (Å²) in [6.07, 6.45) is 1.51. The highest BCUT2D eigenvalue weighted by Crippen LogP contribution is 2.36. The number of nitrogens with zero attached hydrogens (tertiary/aromatic N) is 5. The number of hydrogen-bond acceptors (Lipinski definition) is 10. The number of benzene rings is 1. The maximum atomic E-state index is 14.4. The van der Waals surface area contributed by atoms with Gasteiger partial charge in [-0.1, -0.05) is 0 Å². The molecule has 0 aliphatic carbocycles. The van der Waals surface area contributed by atoms with Gasteiger partial charge in [-0.05, 0) is 31.5 Å². The number of ether oxygens (including phenoxy) is 4. The molecule has 44 heavy (non-hydrogen) atoms. The number of carbonyl (C=O) groups excluding carboxylic acids is 2. The molecule has 236 valence electrons. The fourth-order valence-electron chi connectivity index (χ4n) is 5.66. The molecule has 6 rings (SSSR count). The number of halogens is 1. The zero-order valence-electron chi connectivity index (χ0n) is 24.5. The lowest BCUT2D eigenvalue weighted by Crippen LogP contribution is -2.48. The topological polar surface area (TPSA) is 158 Å². The molecule has 3 aliphatic rings. The van der Waals surface area contributed by atoms with E-state index in [-0.39, 0.29) is 66.9 Å². The molecule has 0 unspecified atom stereocenters. The second-order valence-electron chi connectivity index (χ2n) is 10.8. The standard InChI is InChI=1S/C28H34FN7O7S/c1-4-30-28(38)35-7-9-44(39,10-8-35)34-27(37)18-12-36-23(16(18)2)26(31-15-32-36)33-19-6-5-17(29)11-20(19)43-22-14-42-24-21(40-3)13-41-25(22)24/h5-6,11-12,15,21-22,24-25H,4,7-10,13-14H2,1-3H3,(H,30,38)(H,31,32,33)/t21-,22-,24-,25-/m1/s1. The minimum atomic E-state index is -2.85. The van der Waals surface area contributed by atoms with Crippen LogP contribution >= 0.6 is 0 Å². The molecular formula is C28H34FN7O7S. The van der Waals surface area contributed by atoms with E-state index in [9.17, 15) is 18.2 Å². The first-order valence-electron chi connectivity index (χ1n) is 14.3. The first kappa shape index (κ1) is 30.2. The maximum absolute atomic E-state index is 14.4. The molecule has 0 spiro atoms. The fraction of sp³-hybridized carbons (Fsp3) is 0.500. The van der Waals surface area contributed by atoms with Crippen LogP contribution in [-0.2, 0) is 23.9 Å². The predicted molar refractivity (Wildman–Crippen MR) is 157 cm³/mol. The van der Waals surface area contributed by atoms with Gasteiger partial charge in [0.05, 0.1) is 45.7 Å². The number of anilines is 2. The van der Waals surface area contributed by atoms with Gasteiger partial charge in [0.2, 0.25) is 0 Å². The van der Waals surface area contributed by atoms with Crippen molar-refractivity contribution >= 4 is 38.7 Å². The lowest BCUT2D eigenvalue weighted by molar-refractivity contribution is -0.0138. The van der Waals surface area contributed by atoms with Crippen molar-refractivity contribution in [2.75, 3.05) is 56.8 Å². The Kier molecular flexibility index (Phi) is 8.41. The van der Waals surface area contributed by atoms with Crippen molar-refractivity contribution in [3.63, 3.8) is 0 Å². The number of urea groups is 1. The summed E-state index contributed by atoms with van der Waals surface area (Å²) in [5.41, 5.74) is 1.65. The van der Waals surface area contributed by atoms with E-state index in [0.717, 1.165) is 0 Å². The van der Waals surface area contributed by atoms with Crippen LogP contribution in [0.2, 0.25) is 0 Å². The van der Waals surface area contributed by atoms with Gasteiger partial charge in [-0.2, -0.15) is 9.46 Å². The molecule has 3 saturated heterocycles. The minimum Gasteiger partial charge on any atom is -0.483 e. The maximum Gasteiger partial charge on any atom is 0.317 e. The molecule has 3 aliphatic heterocycles. The van der Waals surface area contributed by atoms with Crippen LogP contribution in [-0.4, -0.2) is 112 Å². The smallest absolute Gasteiger partial charge is 0.317 e. The van der Waals surface area contributed by atoms with Gasteiger partial charge in [-0.25, -0.2) is 22.9 Å². The summed E-state index contributed by atoms with van der Waals surface area (Å²) in [5.74, 6) is -0.352. The van der Waals surface area contributed by atoms with Crippen molar-refractivity contribution in [3.05, 3.63) is 47.7 Å². The predicted octanol–water partition coefficient (Wildman–Crippen LogP) is 2.13. The molecule has 2 aromatic heterocycles. The summed E-state index contributed by atoms with van der Waals surface area (Å²) in [6, 6.07) is 3.86. The van der Waals surface area contributed by atoms with Crippen molar-refractivity contribution in [1.82, 2.24) is 24.8 Å². The Bertz CT molecular complexity index is 1690. The zero-order valence-corrected chi connectivity index (χ0v) is 25.3. The normalized spacial score (nSPS) is 24.2. The number of aromatic nitrogens is 3. The third-order valence-electron chi connectivity index (χ3n) is 8.02. The van der Waals surface area contributed by atoms with Crippen LogP contribution in [0.5, 0.6) is 5.75 Å². The number of methoxy groups -OCH3 is 1. The molecule has 5 heterocycles. The number of fused-ring (bicyclic) bond motifs is 2. The Morgan fingerprint density at radius 3 is 2.64 bits per heavy atom. The second-order valence-corrected chi connectivity index (χ2v) is 13.3. The molecule has 16 heteroatoms. The third kappa shape index (κ3) is 5.81. The van der Waals surface area contributed by atoms with Gasteiger partial charge in [0.1, 0.15) is 41.7 Å². The molecule has 3 amide bonds. The number of hydrogen-bond donors (Lipinski definition) is 2. The van der Waals surface area contributed by atoms with Crippen molar-refractivity contribution in [3.8, 4) is 5.75 Å². The van der Waals surface area contributed by atoms with E-state index >= 15 is 0 Å². The van der Waals surface area contributed by atoms with E-state index in [4.69, 9.17) is 18.9 Å². The van der Waals surface area contributed by atoms with Gasteiger partial charge in [0.15, 0.2) is 11.9 Å². The number of nitrogens with one attached hydrogen (secondary N) is 2. The molecule has 2 N–H and O–H groups in total. The largest absolute Gasteiger partial charge is 0.483 e. The monoisotopic (exact) mass is 631 g/mol. The van der Waals surface area contributed by atoms with E-state index in [2.05, 4.69) is 25.1 Å². The van der Waals surface area contributed by atoms with Crippen LogP contribution in [0.15, 0.2) is 35.1 Å². The summed E-state index contributed by atoms with van der Waals surface area (Å²) in [7, 11) is -1.25. The molecule has 4 atom stereocenters. The van der Waals surface area contributed by atoms with Crippen LogP contribution < -0.4 is 15.4 Å². The highest BCUT2D eigenvalue weighted by atomic mass is 32.2. The highest BCUT2D eigenvalue weighted by molar-refractivity contribution is 7.94. The average molecular weight is 632 g/mol. The van der Waals surface area contributed by atoms with E-state index < -0.39 is 27.6 Å². The quantitative estimate of drug-likeness (QED) is 0.396. The molecule has 0 bridgehead atoms. The van der Waals surface area contributed by atoms with E-state index in [1.807, 2.05) is 6.92 Å². The van der Waals surface area contributed by atoms with Gasteiger partial charge >= 0.3 is 6.03 Å². The third-order valence-corrected chi connectivity index (χ3v) is 10.2. The van der Waals surface area contributed by atoms with Gasteiger partial charge in [-0.3, -0.25) is 4.79 Å². The van der Waals surface area contributed by atoms with Gasteiger partial charge in [-0.15, -0.1) is 0 Å². The van der Waals surface area contributed by atoms with E-state index in [1.54, 1.807) is 18.9 Å². The lowest BCUT2D eigenvalue weighted by atomic mass is 10.1. The molecular weight excluding hydrogens is 597 g/mol. The summed E-state index contributed by atoms with van der Waals surface area (Å²) in [5, 5.41) is 10.2.